The van der Waals surface area contributed by atoms with E-state index < -0.39 is 0 Å². The number of rotatable bonds is 4. The lowest BCUT2D eigenvalue weighted by Crippen LogP contribution is -2.18. The summed E-state index contributed by atoms with van der Waals surface area (Å²) in [5.41, 5.74) is 3.48. The minimum atomic E-state index is 0.0694. The number of hydrogen-bond donors (Lipinski definition) is 0. The van der Waals surface area contributed by atoms with E-state index in [-0.39, 0.29) is 6.23 Å². The minimum Gasteiger partial charge on any atom is -0.357 e. The van der Waals surface area contributed by atoms with Crippen LogP contribution >= 0.6 is 15.9 Å². The highest BCUT2D eigenvalue weighted by Gasteiger charge is 2.19. The summed E-state index contributed by atoms with van der Waals surface area (Å²) in [6.45, 7) is 6.26. The maximum absolute atomic E-state index is 5.86. The number of ether oxygens (including phenoxy) is 1. The van der Waals surface area contributed by atoms with E-state index in [0.717, 1.165) is 41.7 Å². The quantitative estimate of drug-likeness (QED) is 0.575. The number of pyridine rings is 1. The van der Waals surface area contributed by atoms with Gasteiger partial charge in [0.2, 0.25) is 0 Å². The van der Waals surface area contributed by atoms with Crippen molar-refractivity contribution in [3.63, 3.8) is 0 Å². The zero-order chi connectivity index (χ0) is 17.4. The molecule has 25 heavy (non-hydrogen) atoms. The molecule has 1 unspecified atom stereocenters. The molecule has 1 saturated heterocycles. The molecule has 0 spiro atoms. The summed E-state index contributed by atoms with van der Waals surface area (Å²) in [4.78, 5) is 4.42. The molecular weight excluding hydrogens is 380 g/mol. The van der Waals surface area contributed by atoms with Gasteiger partial charge in [-0.1, -0.05) is 13.8 Å². The first kappa shape index (κ1) is 16.8. The van der Waals surface area contributed by atoms with Crippen LogP contribution in [0.4, 0.5) is 0 Å². The van der Waals surface area contributed by atoms with Gasteiger partial charge in [0.1, 0.15) is 10.8 Å². The third kappa shape index (κ3) is 3.37. The second kappa shape index (κ2) is 6.92. The van der Waals surface area contributed by atoms with Gasteiger partial charge in [-0.25, -0.2) is 9.67 Å². The molecule has 5 nitrogen and oxygen atoms in total. The number of halogens is 1. The van der Waals surface area contributed by atoms with Crippen LogP contribution in [0.2, 0.25) is 0 Å². The molecule has 6 heteroatoms. The predicted molar refractivity (Wildman–Crippen MR) is 102 cm³/mol. The molecule has 0 bridgehead atoms. The fourth-order valence-electron chi connectivity index (χ4n) is 3.50. The molecular formula is C19H23BrN4O. The normalized spacial score (nSPS) is 18.3. The molecule has 0 radical (unpaired) electrons. The summed E-state index contributed by atoms with van der Waals surface area (Å²) in [6, 6.07) is 2.09. The van der Waals surface area contributed by atoms with Crippen LogP contribution in [0.25, 0.3) is 22.0 Å². The van der Waals surface area contributed by atoms with Crippen molar-refractivity contribution in [1.82, 2.24) is 19.3 Å². The Hall–Kier alpha value is -1.66. The van der Waals surface area contributed by atoms with Crippen LogP contribution in [-0.2, 0) is 11.3 Å². The van der Waals surface area contributed by atoms with Gasteiger partial charge in [-0.05, 0) is 47.2 Å². The predicted octanol–water partition coefficient (Wildman–Crippen LogP) is 5.02. The fraction of sp³-hybridized carbons (Fsp3) is 0.474. The number of fused-ring (bicyclic) bond motifs is 1. The highest BCUT2D eigenvalue weighted by atomic mass is 79.9. The summed E-state index contributed by atoms with van der Waals surface area (Å²) < 4.78 is 11.0. The second-order valence-electron chi connectivity index (χ2n) is 7.14. The first-order valence-electron chi connectivity index (χ1n) is 8.92. The van der Waals surface area contributed by atoms with Crippen molar-refractivity contribution in [2.75, 3.05) is 6.61 Å². The van der Waals surface area contributed by atoms with Gasteiger partial charge >= 0.3 is 0 Å². The van der Waals surface area contributed by atoms with Crippen LogP contribution in [0.1, 0.15) is 39.3 Å². The molecule has 3 aromatic rings. The summed E-state index contributed by atoms with van der Waals surface area (Å²) in [6.07, 6.45) is 11.7. The molecule has 4 heterocycles. The van der Waals surface area contributed by atoms with E-state index in [9.17, 15) is 0 Å². The van der Waals surface area contributed by atoms with E-state index in [4.69, 9.17) is 4.74 Å². The third-order valence-corrected chi connectivity index (χ3v) is 5.09. The smallest absolute Gasteiger partial charge is 0.150 e. The number of aromatic nitrogens is 4. The van der Waals surface area contributed by atoms with Crippen molar-refractivity contribution in [1.29, 1.82) is 0 Å². The maximum Gasteiger partial charge on any atom is 0.150 e. The Labute approximate surface area is 156 Å². The lowest BCUT2D eigenvalue weighted by Gasteiger charge is -2.22. The van der Waals surface area contributed by atoms with Gasteiger partial charge in [-0.15, -0.1) is 0 Å². The maximum atomic E-state index is 5.86. The molecule has 0 amide bonds. The van der Waals surface area contributed by atoms with Gasteiger partial charge in [-0.2, -0.15) is 5.10 Å². The standard InChI is InChI=1S/C19H23BrN4O/c1-13(2)10-23-12-16(15-7-18(20)21-9-17(15)23)14-8-22-24(11-14)19-5-3-4-6-25-19/h7-9,11-13,19H,3-6,10H2,1-2H3. The van der Waals surface area contributed by atoms with Crippen LogP contribution in [0.5, 0.6) is 0 Å². The molecule has 0 aliphatic carbocycles. The lowest BCUT2D eigenvalue weighted by molar-refractivity contribution is -0.0394. The Morgan fingerprint density at radius 2 is 2.16 bits per heavy atom. The van der Waals surface area contributed by atoms with Gasteiger partial charge in [0.25, 0.3) is 0 Å². The van der Waals surface area contributed by atoms with E-state index in [1.54, 1.807) is 0 Å². The largest absolute Gasteiger partial charge is 0.357 e. The first-order chi connectivity index (χ1) is 12.1. The average Bonchev–Trinajstić information content (AvgIpc) is 3.20. The molecule has 4 rings (SSSR count). The summed E-state index contributed by atoms with van der Waals surface area (Å²) in [7, 11) is 0. The van der Waals surface area contributed by atoms with Crippen molar-refractivity contribution in [3.05, 3.63) is 35.5 Å². The van der Waals surface area contributed by atoms with Crippen molar-refractivity contribution < 1.29 is 4.74 Å². The molecule has 1 aliphatic heterocycles. The first-order valence-corrected chi connectivity index (χ1v) is 9.71. The summed E-state index contributed by atoms with van der Waals surface area (Å²) >= 11 is 3.51. The highest BCUT2D eigenvalue weighted by molar-refractivity contribution is 9.10. The Morgan fingerprint density at radius 3 is 2.92 bits per heavy atom. The van der Waals surface area contributed by atoms with E-state index in [1.165, 1.54) is 17.4 Å². The van der Waals surface area contributed by atoms with E-state index >= 15 is 0 Å². The van der Waals surface area contributed by atoms with Crippen LogP contribution in [-0.4, -0.2) is 25.9 Å². The lowest BCUT2D eigenvalue weighted by atomic mass is 10.1. The van der Waals surface area contributed by atoms with Crippen molar-refractivity contribution in [2.45, 2.75) is 45.9 Å². The Kier molecular flexibility index (Phi) is 4.65. The molecule has 132 valence electrons. The van der Waals surface area contributed by atoms with Gasteiger partial charge < -0.3 is 9.30 Å². The summed E-state index contributed by atoms with van der Waals surface area (Å²) in [5, 5.41) is 5.77. The van der Waals surface area contributed by atoms with Gasteiger partial charge in [-0.3, -0.25) is 0 Å². The Balaban J connectivity index is 1.75. The van der Waals surface area contributed by atoms with E-state index in [2.05, 4.69) is 62.9 Å². The Morgan fingerprint density at radius 1 is 1.28 bits per heavy atom. The van der Waals surface area contributed by atoms with Crippen molar-refractivity contribution in [3.8, 4) is 11.1 Å². The van der Waals surface area contributed by atoms with Crippen molar-refractivity contribution in [2.24, 2.45) is 5.92 Å². The second-order valence-corrected chi connectivity index (χ2v) is 7.96. The monoisotopic (exact) mass is 402 g/mol. The molecule has 0 saturated carbocycles. The zero-order valence-electron chi connectivity index (χ0n) is 14.7. The average molecular weight is 403 g/mol. The highest BCUT2D eigenvalue weighted by Crippen LogP contribution is 2.33. The zero-order valence-corrected chi connectivity index (χ0v) is 16.2. The fourth-order valence-corrected chi connectivity index (χ4v) is 3.83. The summed E-state index contributed by atoms with van der Waals surface area (Å²) in [5.74, 6) is 0.574. The van der Waals surface area contributed by atoms with E-state index in [0.29, 0.717) is 5.92 Å². The van der Waals surface area contributed by atoms with Gasteiger partial charge in [0.15, 0.2) is 0 Å². The molecule has 1 atom stereocenters. The molecule has 1 fully saturated rings. The van der Waals surface area contributed by atoms with Gasteiger partial charge in [0.05, 0.1) is 17.9 Å². The molecule has 0 N–H and O–H groups in total. The van der Waals surface area contributed by atoms with Crippen LogP contribution < -0.4 is 0 Å². The number of nitrogens with zero attached hydrogens (tertiary/aromatic N) is 4. The number of hydrogen-bond acceptors (Lipinski definition) is 3. The van der Waals surface area contributed by atoms with E-state index in [1.807, 2.05) is 17.1 Å². The van der Waals surface area contributed by atoms with Crippen LogP contribution in [0.3, 0.4) is 0 Å². The SMILES string of the molecule is CC(C)Cn1cc(-c2cnn(C3CCCCO3)c2)c2cc(Br)ncc21. The molecule has 0 aromatic carbocycles. The van der Waals surface area contributed by atoms with Crippen LogP contribution in [0.15, 0.2) is 35.5 Å². The van der Waals surface area contributed by atoms with Gasteiger partial charge in [0, 0.05) is 42.1 Å². The minimum absolute atomic E-state index is 0.0694. The van der Waals surface area contributed by atoms with Crippen molar-refractivity contribution >= 4 is 26.8 Å². The topological polar surface area (TPSA) is 44.9 Å². The molecule has 3 aromatic heterocycles. The molecule has 1 aliphatic rings. The third-order valence-electron chi connectivity index (χ3n) is 4.66. The van der Waals surface area contributed by atoms with Crippen LogP contribution in [0, 0.1) is 5.92 Å². The Bertz CT molecular complexity index is 877.